The van der Waals surface area contributed by atoms with E-state index in [9.17, 15) is 4.79 Å². The number of hydrogen-bond donors (Lipinski definition) is 2. The standard InChI is InChI=1S/C22H25N3O/c26-22(15-17-16-23-19-10-4-3-9-18(17)19)24-20-11-5-6-12-21(20)25-13-7-1-2-8-14-25/h3-6,9-12,16,23H,1-2,7-8,13-15H2,(H,24,26). The average molecular weight is 347 g/mol. The fraction of sp³-hybridized carbons (Fsp3) is 0.318. The number of anilines is 2. The highest BCUT2D eigenvalue weighted by molar-refractivity contribution is 5.98. The van der Waals surface area contributed by atoms with Crippen molar-refractivity contribution in [2.45, 2.75) is 32.1 Å². The number of rotatable bonds is 4. The third kappa shape index (κ3) is 3.59. The first-order valence-electron chi connectivity index (χ1n) is 9.50. The molecule has 1 amide bonds. The molecule has 0 radical (unpaired) electrons. The Kier molecular flexibility index (Phi) is 4.91. The molecule has 2 heterocycles. The van der Waals surface area contributed by atoms with E-state index in [4.69, 9.17) is 0 Å². The Morgan fingerprint density at radius 3 is 2.54 bits per heavy atom. The van der Waals surface area contributed by atoms with Gasteiger partial charge in [-0.3, -0.25) is 4.79 Å². The number of aromatic nitrogens is 1. The van der Waals surface area contributed by atoms with E-state index >= 15 is 0 Å². The summed E-state index contributed by atoms with van der Waals surface area (Å²) in [4.78, 5) is 18.3. The smallest absolute Gasteiger partial charge is 0.228 e. The SMILES string of the molecule is O=C(Cc1c[nH]c2ccccc12)Nc1ccccc1N1CCCCCC1. The van der Waals surface area contributed by atoms with Crippen LogP contribution in [0.5, 0.6) is 0 Å². The van der Waals surface area contributed by atoms with Crippen LogP contribution in [0.2, 0.25) is 0 Å². The molecule has 0 saturated carbocycles. The molecule has 1 aliphatic heterocycles. The summed E-state index contributed by atoms with van der Waals surface area (Å²) in [5.41, 5.74) is 4.16. The minimum Gasteiger partial charge on any atom is -0.370 e. The van der Waals surface area contributed by atoms with Gasteiger partial charge in [0.25, 0.3) is 0 Å². The average Bonchev–Trinajstić information content (AvgIpc) is 2.88. The predicted octanol–water partition coefficient (Wildman–Crippen LogP) is 4.73. The Labute approximate surface area is 154 Å². The molecule has 0 unspecified atom stereocenters. The molecule has 0 bridgehead atoms. The van der Waals surface area contributed by atoms with E-state index < -0.39 is 0 Å². The molecular weight excluding hydrogens is 322 g/mol. The van der Waals surface area contributed by atoms with Crippen LogP contribution in [0.15, 0.2) is 54.7 Å². The molecule has 0 atom stereocenters. The van der Waals surface area contributed by atoms with Gasteiger partial charge in [0, 0.05) is 30.2 Å². The molecule has 1 aromatic heterocycles. The minimum atomic E-state index is 0.0250. The second kappa shape index (κ2) is 7.65. The summed E-state index contributed by atoms with van der Waals surface area (Å²) in [5, 5.41) is 4.25. The van der Waals surface area contributed by atoms with Crippen LogP contribution in [-0.4, -0.2) is 24.0 Å². The first-order chi connectivity index (χ1) is 12.8. The zero-order valence-electron chi connectivity index (χ0n) is 15.0. The molecule has 2 aromatic carbocycles. The van der Waals surface area contributed by atoms with Gasteiger partial charge in [-0.05, 0) is 36.6 Å². The first-order valence-corrected chi connectivity index (χ1v) is 9.50. The molecule has 1 aliphatic rings. The van der Waals surface area contributed by atoms with Crippen molar-refractivity contribution in [3.8, 4) is 0 Å². The van der Waals surface area contributed by atoms with E-state index in [0.717, 1.165) is 40.9 Å². The molecule has 4 heteroatoms. The van der Waals surface area contributed by atoms with Gasteiger partial charge in [0.05, 0.1) is 17.8 Å². The van der Waals surface area contributed by atoms with Gasteiger partial charge in [-0.25, -0.2) is 0 Å². The predicted molar refractivity (Wildman–Crippen MR) is 108 cm³/mol. The van der Waals surface area contributed by atoms with E-state index in [1.807, 2.05) is 36.5 Å². The molecule has 26 heavy (non-hydrogen) atoms. The molecule has 1 fully saturated rings. The maximum atomic E-state index is 12.7. The normalized spacial score (nSPS) is 15.0. The zero-order chi connectivity index (χ0) is 17.8. The number of amides is 1. The fourth-order valence-electron chi connectivity index (χ4n) is 3.81. The van der Waals surface area contributed by atoms with Crippen molar-refractivity contribution in [3.63, 3.8) is 0 Å². The summed E-state index contributed by atoms with van der Waals surface area (Å²) in [6.07, 6.45) is 7.34. The van der Waals surface area contributed by atoms with E-state index in [-0.39, 0.29) is 5.91 Å². The highest BCUT2D eigenvalue weighted by atomic mass is 16.1. The summed E-state index contributed by atoms with van der Waals surface area (Å²) < 4.78 is 0. The highest BCUT2D eigenvalue weighted by Crippen LogP contribution is 2.28. The lowest BCUT2D eigenvalue weighted by Gasteiger charge is -2.25. The number of fused-ring (bicyclic) bond motifs is 1. The van der Waals surface area contributed by atoms with Crippen molar-refractivity contribution in [1.82, 2.24) is 4.98 Å². The van der Waals surface area contributed by atoms with Gasteiger partial charge in [0.1, 0.15) is 0 Å². The van der Waals surface area contributed by atoms with Crippen molar-refractivity contribution in [3.05, 3.63) is 60.3 Å². The summed E-state index contributed by atoms with van der Waals surface area (Å²) in [5.74, 6) is 0.0250. The summed E-state index contributed by atoms with van der Waals surface area (Å²) in [7, 11) is 0. The second-order valence-electron chi connectivity index (χ2n) is 7.00. The number of para-hydroxylation sites is 3. The number of hydrogen-bond acceptors (Lipinski definition) is 2. The molecule has 0 aliphatic carbocycles. The molecule has 4 nitrogen and oxygen atoms in total. The number of aromatic amines is 1. The van der Waals surface area contributed by atoms with E-state index in [2.05, 4.69) is 33.4 Å². The van der Waals surface area contributed by atoms with Gasteiger partial charge in [0.2, 0.25) is 5.91 Å². The topological polar surface area (TPSA) is 48.1 Å². The number of nitrogens with zero attached hydrogens (tertiary/aromatic N) is 1. The number of benzene rings is 2. The monoisotopic (exact) mass is 347 g/mol. The second-order valence-corrected chi connectivity index (χ2v) is 7.00. The van der Waals surface area contributed by atoms with Crippen LogP contribution in [-0.2, 0) is 11.2 Å². The Morgan fingerprint density at radius 2 is 1.69 bits per heavy atom. The Morgan fingerprint density at radius 1 is 0.962 bits per heavy atom. The Balaban J connectivity index is 1.51. The van der Waals surface area contributed by atoms with Gasteiger partial charge in [-0.2, -0.15) is 0 Å². The van der Waals surface area contributed by atoms with Crippen molar-refractivity contribution in [2.24, 2.45) is 0 Å². The van der Waals surface area contributed by atoms with E-state index in [1.165, 1.54) is 25.7 Å². The van der Waals surface area contributed by atoms with Crippen LogP contribution < -0.4 is 10.2 Å². The minimum absolute atomic E-state index is 0.0250. The van der Waals surface area contributed by atoms with Gasteiger partial charge in [0.15, 0.2) is 0 Å². The van der Waals surface area contributed by atoms with Crippen molar-refractivity contribution in [1.29, 1.82) is 0 Å². The van der Waals surface area contributed by atoms with Gasteiger partial charge < -0.3 is 15.2 Å². The molecule has 2 N–H and O–H groups in total. The maximum Gasteiger partial charge on any atom is 0.228 e. The lowest BCUT2D eigenvalue weighted by Crippen LogP contribution is -2.26. The first kappa shape index (κ1) is 16.7. The molecule has 134 valence electrons. The highest BCUT2D eigenvalue weighted by Gasteiger charge is 2.15. The Bertz CT molecular complexity index is 891. The van der Waals surface area contributed by atoms with Crippen LogP contribution in [0.4, 0.5) is 11.4 Å². The van der Waals surface area contributed by atoms with Crippen LogP contribution >= 0.6 is 0 Å². The van der Waals surface area contributed by atoms with Crippen molar-refractivity contribution in [2.75, 3.05) is 23.3 Å². The number of H-pyrrole nitrogens is 1. The third-order valence-electron chi connectivity index (χ3n) is 5.15. The lowest BCUT2D eigenvalue weighted by molar-refractivity contribution is -0.115. The van der Waals surface area contributed by atoms with Crippen molar-refractivity contribution >= 4 is 28.2 Å². The molecule has 4 rings (SSSR count). The largest absolute Gasteiger partial charge is 0.370 e. The van der Waals surface area contributed by atoms with Gasteiger partial charge >= 0.3 is 0 Å². The van der Waals surface area contributed by atoms with E-state index in [1.54, 1.807) is 0 Å². The molecule has 3 aromatic rings. The quantitative estimate of drug-likeness (QED) is 0.717. The summed E-state index contributed by atoms with van der Waals surface area (Å²) >= 11 is 0. The van der Waals surface area contributed by atoms with Gasteiger partial charge in [-0.1, -0.05) is 43.2 Å². The Hall–Kier alpha value is -2.75. The zero-order valence-corrected chi connectivity index (χ0v) is 15.0. The summed E-state index contributed by atoms with van der Waals surface area (Å²) in [6.45, 7) is 2.13. The van der Waals surface area contributed by atoms with Crippen LogP contribution in [0.1, 0.15) is 31.2 Å². The number of carbonyl (C=O) groups is 1. The molecular formula is C22H25N3O. The van der Waals surface area contributed by atoms with Crippen LogP contribution in [0.3, 0.4) is 0 Å². The number of nitrogens with one attached hydrogen (secondary N) is 2. The fourth-order valence-corrected chi connectivity index (χ4v) is 3.81. The summed E-state index contributed by atoms with van der Waals surface area (Å²) in [6, 6.07) is 16.3. The molecule has 0 spiro atoms. The third-order valence-corrected chi connectivity index (χ3v) is 5.15. The van der Waals surface area contributed by atoms with Gasteiger partial charge in [-0.15, -0.1) is 0 Å². The molecule has 1 saturated heterocycles. The van der Waals surface area contributed by atoms with Crippen molar-refractivity contribution < 1.29 is 4.79 Å². The maximum absolute atomic E-state index is 12.7. The van der Waals surface area contributed by atoms with Crippen LogP contribution in [0, 0.1) is 0 Å². The van der Waals surface area contributed by atoms with E-state index in [0.29, 0.717) is 6.42 Å². The lowest BCUT2D eigenvalue weighted by atomic mass is 10.1. The number of carbonyl (C=O) groups excluding carboxylic acids is 1. The van der Waals surface area contributed by atoms with Crippen LogP contribution in [0.25, 0.3) is 10.9 Å².